The van der Waals surface area contributed by atoms with E-state index in [1.807, 2.05) is 72.3 Å². The van der Waals surface area contributed by atoms with Crippen LogP contribution in [0.3, 0.4) is 0 Å². The maximum absolute atomic E-state index is 13.2. The molecule has 0 N–H and O–H groups in total. The third kappa shape index (κ3) is 4.10. The number of hydrogen-bond acceptors (Lipinski definition) is 4. The van der Waals surface area contributed by atoms with Crippen LogP contribution in [0.25, 0.3) is 11.0 Å². The van der Waals surface area contributed by atoms with Crippen LogP contribution in [-0.2, 0) is 11.3 Å². The molecule has 1 aromatic heterocycles. The van der Waals surface area contributed by atoms with E-state index in [4.69, 9.17) is 9.15 Å². The smallest absolute Gasteiger partial charge is 0.289 e. The molecule has 1 fully saturated rings. The lowest BCUT2D eigenvalue weighted by Gasteiger charge is -2.43. The van der Waals surface area contributed by atoms with Crippen molar-refractivity contribution in [1.29, 1.82) is 0 Å². The number of para-hydroxylation sites is 1. The molecule has 0 bridgehead atoms. The second-order valence-electron chi connectivity index (χ2n) is 9.57. The minimum absolute atomic E-state index is 0.0595. The normalized spacial score (nSPS) is 22.5. The van der Waals surface area contributed by atoms with Crippen LogP contribution in [-0.4, -0.2) is 46.8 Å². The molecule has 2 heterocycles. The van der Waals surface area contributed by atoms with Gasteiger partial charge in [0.25, 0.3) is 5.91 Å². The number of benzene rings is 2. The number of carbonyl (C=O) groups is 2. The first-order valence-electron chi connectivity index (χ1n) is 11.6. The summed E-state index contributed by atoms with van der Waals surface area (Å²) in [5.41, 5.74) is 2.49. The lowest BCUT2D eigenvalue weighted by Crippen LogP contribution is -2.52. The maximum atomic E-state index is 13.2. The number of ether oxygens (including phenoxy) is 1. The highest BCUT2D eigenvalue weighted by molar-refractivity contribution is 5.96. The fraction of sp³-hybridized carbons (Fsp3) is 0.407. The van der Waals surface area contributed by atoms with E-state index in [-0.39, 0.29) is 17.9 Å². The molecule has 0 saturated heterocycles. The van der Waals surface area contributed by atoms with E-state index in [1.54, 1.807) is 6.92 Å². The predicted molar refractivity (Wildman–Crippen MR) is 126 cm³/mol. The van der Waals surface area contributed by atoms with Crippen LogP contribution in [0.15, 0.2) is 52.9 Å². The van der Waals surface area contributed by atoms with Crippen LogP contribution in [0.4, 0.5) is 0 Å². The molecule has 0 radical (unpaired) electrons. The SMILES string of the molecule is CC(=O)N1Cc2ccccc2OC2(CCC(N(C)C(=O)c3cc4cc(C)ccc4o3)CC2)C1. The fourth-order valence-corrected chi connectivity index (χ4v) is 5.22. The topological polar surface area (TPSA) is 63.0 Å². The van der Waals surface area contributed by atoms with Gasteiger partial charge >= 0.3 is 0 Å². The zero-order valence-corrected chi connectivity index (χ0v) is 19.5. The van der Waals surface area contributed by atoms with Gasteiger partial charge in [-0.3, -0.25) is 9.59 Å². The van der Waals surface area contributed by atoms with Gasteiger partial charge in [-0.25, -0.2) is 0 Å². The number of amides is 2. The summed E-state index contributed by atoms with van der Waals surface area (Å²) in [7, 11) is 1.86. The summed E-state index contributed by atoms with van der Waals surface area (Å²) in [5.74, 6) is 1.20. The van der Waals surface area contributed by atoms with Gasteiger partial charge in [0.15, 0.2) is 5.76 Å². The number of hydrogen-bond donors (Lipinski definition) is 0. The first kappa shape index (κ1) is 21.6. The van der Waals surface area contributed by atoms with Crippen molar-refractivity contribution in [2.45, 2.75) is 57.7 Å². The Kier molecular flexibility index (Phi) is 5.39. The molecule has 2 amide bonds. The molecule has 0 unspecified atom stereocenters. The summed E-state index contributed by atoms with van der Waals surface area (Å²) < 4.78 is 12.4. The molecule has 6 nitrogen and oxygen atoms in total. The molecule has 1 aliphatic heterocycles. The van der Waals surface area contributed by atoms with E-state index in [0.717, 1.165) is 53.5 Å². The van der Waals surface area contributed by atoms with E-state index in [2.05, 4.69) is 0 Å². The molecule has 172 valence electrons. The highest BCUT2D eigenvalue weighted by Gasteiger charge is 2.43. The Labute approximate surface area is 194 Å². The first-order valence-corrected chi connectivity index (χ1v) is 11.6. The van der Waals surface area contributed by atoms with E-state index in [0.29, 0.717) is 18.8 Å². The number of rotatable bonds is 2. The predicted octanol–water partition coefficient (Wildman–Crippen LogP) is 4.94. The summed E-state index contributed by atoms with van der Waals surface area (Å²) in [6.07, 6.45) is 3.20. The molecule has 1 aliphatic carbocycles. The number of fused-ring (bicyclic) bond motifs is 2. The molecule has 2 aliphatic rings. The Morgan fingerprint density at radius 3 is 2.61 bits per heavy atom. The second-order valence-corrected chi connectivity index (χ2v) is 9.57. The van der Waals surface area contributed by atoms with Gasteiger partial charge in [-0.15, -0.1) is 0 Å². The summed E-state index contributed by atoms with van der Waals surface area (Å²) in [4.78, 5) is 29.2. The second kappa shape index (κ2) is 8.25. The lowest BCUT2D eigenvalue weighted by atomic mass is 9.81. The zero-order valence-electron chi connectivity index (χ0n) is 19.5. The number of nitrogens with zero attached hydrogens (tertiary/aromatic N) is 2. The molecule has 1 spiro atoms. The third-order valence-electron chi connectivity index (χ3n) is 7.20. The molecule has 3 aromatic rings. The lowest BCUT2D eigenvalue weighted by molar-refractivity contribution is -0.132. The van der Waals surface area contributed by atoms with Gasteiger partial charge in [-0.05, 0) is 56.9 Å². The van der Waals surface area contributed by atoms with Crippen LogP contribution in [0.1, 0.15) is 54.3 Å². The van der Waals surface area contributed by atoms with Crippen LogP contribution >= 0.6 is 0 Å². The maximum Gasteiger partial charge on any atom is 0.289 e. The van der Waals surface area contributed by atoms with E-state index in [1.165, 1.54) is 0 Å². The Hall–Kier alpha value is -3.28. The van der Waals surface area contributed by atoms with Crippen molar-refractivity contribution in [3.8, 4) is 5.75 Å². The number of furan rings is 1. The summed E-state index contributed by atoms with van der Waals surface area (Å²) in [6, 6.07) is 15.8. The van der Waals surface area contributed by atoms with Crippen LogP contribution in [0, 0.1) is 6.92 Å². The molecular formula is C27H30N2O4. The van der Waals surface area contributed by atoms with Crippen molar-refractivity contribution in [3.63, 3.8) is 0 Å². The molecule has 5 rings (SSSR count). The summed E-state index contributed by atoms with van der Waals surface area (Å²) in [5, 5.41) is 0.948. The average Bonchev–Trinajstić information content (AvgIpc) is 3.15. The monoisotopic (exact) mass is 446 g/mol. The Bertz CT molecular complexity index is 1210. The average molecular weight is 447 g/mol. The molecule has 0 atom stereocenters. The van der Waals surface area contributed by atoms with Crippen molar-refractivity contribution in [1.82, 2.24) is 9.80 Å². The van der Waals surface area contributed by atoms with E-state index < -0.39 is 5.60 Å². The van der Waals surface area contributed by atoms with Crippen molar-refractivity contribution in [2.24, 2.45) is 0 Å². The van der Waals surface area contributed by atoms with Crippen LogP contribution in [0.2, 0.25) is 0 Å². The third-order valence-corrected chi connectivity index (χ3v) is 7.20. The molecular weight excluding hydrogens is 416 g/mol. The number of carbonyl (C=O) groups excluding carboxylic acids is 2. The molecule has 2 aromatic carbocycles. The van der Waals surface area contributed by atoms with Crippen molar-refractivity contribution in [2.75, 3.05) is 13.6 Å². The first-order chi connectivity index (χ1) is 15.8. The highest BCUT2D eigenvalue weighted by Crippen LogP contribution is 2.39. The standard InChI is InChI=1S/C27H30N2O4/c1-18-8-9-23-21(14-18)15-25(32-23)26(31)28(3)22-10-12-27(13-11-22)17-29(19(2)30)16-20-6-4-5-7-24(20)33-27/h4-9,14-15,22H,10-13,16-17H2,1-3H3. The Morgan fingerprint density at radius 1 is 1.09 bits per heavy atom. The Balaban J connectivity index is 1.32. The molecule has 33 heavy (non-hydrogen) atoms. The van der Waals surface area contributed by atoms with Crippen molar-refractivity contribution >= 4 is 22.8 Å². The van der Waals surface area contributed by atoms with Gasteiger partial charge in [0.2, 0.25) is 5.91 Å². The van der Waals surface area contributed by atoms with Gasteiger partial charge < -0.3 is 19.0 Å². The largest absolute Gasteiger partial charge is 0.485 e. The van der Waals surface area contributed by atoms with Gasteiger partial charge in [0.1, 0.15) is 16.9 Å². The van der Waals surface area contributed by atoms with Gasteiger partial charge in [-0.2, -0.15) is 0 Å². The van der Waals surface area contributed by atoms with Gasteiger partial charge in [-0.1, -0.05) is 29.8 Å². The van der Waals surface area contributed by atoms with Gasteiger partial charge in [0, 0.05) is 37.5 Å². The van der Waals surface area contributed by atoms with Crippen molar-refractivity contribution < 1.29 is 18.7 Å². The minimum atomic E-state index is -0.421. The van der Waals surface area contributed by atoms with Crippen LogP contribution in [0.5, 0.6) is 5.75 Å². The van der Waals surface area contributed by atoms with Crippen LogP contribution < -0.4 is 4.74 Å². The molecule has 6 heteroatoms. The highest BCUT2D eigenvalue weighted by atomic mass is 16.5. The number of aryl methyl sites for hydroxylation is 1. The quantitative estimate of drug-likeness (QED) is 0.560. The van der Waals surface area contributed by atoms with E-state index >= 15 is 0 Å². The zero-order chi connectivity index (χ0) is 23.2. The van der Waals surface area contributed by atoms with Gasteiger partial charge in [0.05, 0.1) is 6.54 Å². The summed E-state index contributed by atoms with van der Waals surface area (Å²) >= 11 is 0. The minimum Gasteiger partial charge on any atom is -0.485 e. The summed E-state index contributed by atoms with van der Waals surface area (Å²) in [6.45, 7) is 4.79. The Morgan fingerprint density at radius 2 is 1.85 bits per heavy atom. The molecule has 1 saturated carbocycles. The fourth-order valence-electron chi connectivity index (χ4n) is 5.22. The van der Waals surface area contributed by atoms with E-state index in [9.17, 15) is 9.59 Å². The van der Waals surface area contributed by atoms with Crippen molar-refractivity contribution in [3.05, 3.63) is 65.4 Å².